The molecule has 1 atom stereocenters. The highest BCUT2D eigenvalue weighted by Crippen LogP contribution is 2.30. The molecule has 1 aliphatic rings. The van der Waals surface area contributed by atoms with E-state index in [-0.39, 0.29) is 12.7 Å². The maximum absolute atomic E-state index is 9.21. The third-order valence-corrected chi connectivity index (χ3v) is 5.43. The minimum Gasteiger partial charge on any atom is -0.497 e. The SMILES string of the molecule is COc1ccc2cc([C@@H]3CN(c4nc(CO)cs4)CCO3)ccc2c1. The van der Waals surface area contributed by atoms with E-state index in [0.717, 1.165) is 35.1 Å². The molecule has 25 heavy (non-hydrogen) atoms. The third-order valence-electron chi connectivity index (χ3n) is 4.48. The number of anilines is 1. The van der Waals surface area contributed by atoms with Crippen LogP contribution in [0.4, 0.5) is 5.13 Å². The van der Waals surface area contributed by atoms with Crippen molar-refractivity contribution >= 4 is 27.2 Å². The van der Waals surface area contributed by atoms with Crippen LogP contribution in [-0.2, 0) is 11.3 Å². The molecule has 0 spiro atoms. The summed E-state index contributed by atoms with van der Waals surface area (Å²) in [7, 11) is 1.68. The van der Waals surface area contributed by atoms with Crippen molar-refractivity contribution < 1.29 is 14.6 Å². The number of hydrogen-bond acceptors (Lipinski definition) is 6. The molecule has 0 aliphatic carbocycles. The topological polar surface area (TPSA) is 54.8 Å². The number of rotatable bonds is 4. The average molecular weight is 356 g/mol. The van der Waals surface area contributed by atoms with Gasteiger partial charge in [0.1, 0.15) is 11.9 Å². The lowest BCUT2D eigenvalue weighted by molar-refractivity contribution is 0.0398. The Morgan fingerprint density at radius 1 is 1.28 bits per heavy atom. The molecule has 0 amide bonds. The average Bonchev–Trinajstić information content (AvgIpc) is 3.16. The maximum atomic E-state index is 9.21. The molecule has 2 heterocycles. The van der Waals surface area contributed by atoms with Crippen LogP contribution in [0.5, 0.6) is 5.75 Å². The number of aliphatic hydroxyl groups excluding tert-OH is 1. The molecule has 3 aromatic rings. The Bertz CT molecular complexity index is 880. The van der Waals surface area contributed by atoms with E-state index in [1.54, 1.807) is 18.4 Å². The van der Waals surface area contributed by atoms with Crippen molar-refractivity contribution in [2.45, 2.75) is 12.7 Å². The summed E-state index contributed by atoms with van der Waals surface area (Å²) in [5.74, 6) is 0.865. The second-order valence-corrected chi connectivity index (χ2v) is 6.89. The number of benzene rings is 2. The standard InChI is InChI=1S/C19H20N2O3S/c1-23-17-5-4-13-8-15(3-2-14(13)9-17)18-10-21(6-7-24-18)19-20-16(11-22)12-25-19/h2-5,8-9,12,18,22H,6-7,10-11H2,1H3/t18-/m0/s1. The monoisotopic (exact) mass is 356 g/mol. The van der Waals surface area contributed by atoms with Gasteiger partial charge in [0.25, 0.3) is 0 Å². The second kappa shape index (κ2) is 7.00. The first kappa shape index (κ1) is 16.3. The van der Waals surface area contributed by atoms with Gasteiger partial charge in [-0.2, -0.15) is 0 Å². The van der Waals surface area contributed by atoms with Crippen LogP contribution in [0.1, 0.15) is 17.4 Å². The van der Waals surface area contributed by atoms with Crippen LogP contribution in [0.25, 0.3) is 10.8 Å². The minimum atomic E-state index is -0.0155. The van der Waals surface area contributed by atoms with E-state index in [9.17, 15) is 5.11 Å². The molecular formula is C19H20N2O3S. The van der Waals surface area contributed by atoms with Gasteiger partial charge >= 0.3 is 0 Å². The Balaban J connectivity index is 1.57. The zero-order chi connectivity index (χ0) is 17.2. The van der Waals surface area contributed by atoms with Gasteiger partial charge in [-0.15, -0.1) is 11.3 Å². The van der Waals surface area contributed by atoms with E-state index in [2.05, 4.69) is 34.1 Å². The molecule has 6 heteroatoms. The van der Waals surface area contributed by atoms with E-state index < -0.39 is 0 Å². The van der Waals surface area contributed by atoms with Crippen LogP contribution in [0.2, 0.25) is 0 Å². The number of aromatic nitrogens is 1. The number of methoxy groups -OCH3 is 1. The molecule has 1 aromatic heterocycles. The van der Waals surface area contributed by atoms with Crippen molar-refractivity contribution in [1.29, 1.82) is 0 Å². The molecule has 2 aromatic carbocycles. The number of morpholine rings is 1. The quantitative estimate of drug-likeness (QED) is 0.777. The lowest BCUT2D eigenvalue weighted by Gasteiger charge is -2.33. The fraction of sp³-hybridized carbons (Fsp3) is 0.316. The fourth-order valence-electron chi connectivity index (χ4n) is 3.11. The van der Waals surface area contributed by atoms with E-state index in [1.165, 1.54) is 10.9 Å². The molecule has 0 unspecified atom stereocenters. The van der Waals surface area contributed by atoms with Gasteiger partial charge in [-0.25, -0.2) is 4.98 Å². The smallest absolute Gasteiger partial charge is 0.185 e. The molecule has 5 nitrogen and oxygen atoms in total. The molecule has 1 saturated heterocycles. The summed E-state index contributed by atoms with van der Waals surface area (Å²) in [4.78, 5) is 6.71. The fourth-order valence-corrected chi connectivity index (χ4v) is 3.96. The van der Waals surface area contributed by atoms with Gasteiger partial charge in [0.05, 0.1) is 32.6 Å². The molecule has 0 radical (unpaired) electrons. The van der Waals surface area contributed by atoms with Crippen LogP contribution >= 0.6 is 11.3 Å². The molecule has 130 valence electrons. The first-order chi connectivity index (χ1) is 12.3. The minimum absolute atomic E-state index is 0.0155. The van der Waals surface area contributed by atoms with Crippen LogP contribution in [0.3, 0.4) is 0 Å². The van der Waals surface area contributed by atoms with E-state index in [1.807, 2.05) is 17.5 Å². The predicted molar refractivity (Wildman–Crippen MR) is 99.4 cm³/mol. The normalized spacial score (nSPS) is 17.8. The number of thiazole rings is 1. The molecule has 0 bridgehead atoms. The Kier molecular flexibility index (Phi) is 4.57. The first-order valence-corrected chi connectivity index (χ1v) is 9.14. The molecule has 1 aliphatic heterocycles. The first-order valence-electron chi connectivity index (χ1n) is 8.26. The van der Waals surface area contributed by atoms with Crippen LogP contribution in [-0.4, -0.2) is 36.9 Å². The van der Waals surface area contributed by atoms with Crippen molar-refractivity contribution in [2.24, 2.45) is 0 Å². The largest absolute Gasteiger partial charge is 0.497 e. The van der Waals surface area contributed by atoms with Crippen LogP contribution < -0.4 is 9.64 Å². The lowest BCUT2D eigenvalue weighted by Crippen LogP contribution is -2.38. The van der Waals surface area contributed by atoms with Crippen molar-refractivity contribution in [3.8, 4) is 5.75 Å². The van der Waals surface area contributed by atoms with Gasteiger partial charge < -0.3 is 19.5 Å². The van der Waals surface area contributed by atoms with Gasteiger partial charge in [0.15, 0.2) is 5.13 Å². The van der Waals surface area contributed by atoms with Crippen molar-refractivity contribution in [2.75, 3.05) is 31.7 Å². The van der Waals surface area contributed by atoms with E-state index in [4.69, 9.17) is 9.47 Å². The van der Waals surface area contributed by atoms with E-state index >= 15 is 0 Å². The lowest BCUT2D eigenvalue weighted by atomic mass is 10.0. The summed E-state index contributed by atoms with van der Waals surface area (Å²) < 4.78 is 11.3. The predicted octanol–water partition coefficient (Wildman–Crippen LogP) is 3.38. The number of ether oxygens (including phenoxy) is 2. The van der Waals surface area contributed by atoms with Crippen molar-refractivity contribution in [3.63, 3.8) is 0 Å². The number of aliphatic hydroxyl groups is 1. The summed E-state index contributed by atoms with van der Waals surface area (Å²) in [6.07, 6.45) is 0.0155. The van der Waals surface area contributed by atoms with Gasteiger partial charge in [-0.1, -0.05) is 18.2 Å². The molecule has 1 N–H and O–H groups in total. The molecule has 1 fully saturated rings. The molecule has 0 saturated carbocycles. The summed E-state index contributed by atoms with van der Waals surface area (Å²) >= 11 is 1.57. The summed E-state index contributed by atoms with van der Waals surface area (Å²) in [6.45, 7) is 2.23. The molecule has 4 rings (SSSR count). The Labute approximate surface area is 150 Å². The Morgan fingerprint density at radius 2 is 2.12 bits per heavy atom. The zero-order valence-electron chi connectivity index (χ0n) is 14.0. The second-order valence-electron chi connectivity index (χ2n) is 6.06. The van der Waals surface area contributed by atoms with Gasteiger partial charge in [0.2, 0.25) is 0 Å². The third kappa shape index (κ3) is 3.33. The van der Waals surface area contributed by atoms with Crippen LogP contribution in [0, 0.1) is 0 Å². The highest BCUT2D eigenvalue weighted by atomic mass is 32.1. The number of nitrogens with zero attached hydrogens (tertiary/aromatic N) is 2. The summed E-state index contributed by atoms with van der Waals surface area (Å²) in [5.41, 5.74) is 1.89. The van der Waals surface area contributed by atoms with Crippen molar-refractivity contribution in [3.05, 3.63) is 53.0 Å². The highest BCUT2D eigenvalue weighted by Gasteiger charge is 2.24. The maximum Gasteiger partial charge on any atom is 0.185 e. The Hall–Kier alpha value is -2.15. The summed E-state index contributed by atoms with van der Waals surface area (Å²) in [5, 5.41) is 14.4. The number of hydrogen-bond donors (Lipinski definition) is 1. The van der Waals surface area contributed by atoms with Gasteiger partial charge in [-0.05, 0) is 34.5 Å². The highest BCUT2D eigenvalue weighted by molar-refractivity contribution is 7.13. The zero-order valence-corrected chi connectivity index (χ0v) is 14.8. The van der Waals surface area contributed by atoms with Gasteiger partial charge in [-0.3, -0.25) is 0 Å². The van der Waals surface area contributed by atoms with Crippen molar-refractivity contribution in [1.82, 2.24) is 4.98 Å². The summed E-state index contributed by atoms with van der Waals surface area (Å²) in [6, 6.07) is 12.5. The van der Waals surface area contributed by atoms with Gasteiger partial charge in [0, 0.05) is 11.9 Å². The molecular weight excluding hydrogens is 336 g/mol. The Morgan fingerprint density at radius 3 is 2.92 bits per heavy atom. The number of fused-ring (bicyclic) bond motifs is 1. The van der Waals surface area contributed by atoms with Crippen LogP contribution in [0.15, 0.2) is 41.8 Å². The van der Waals surface area contributed by atoms with E-state index in [0.29, 0.717) is 6.61 Å².